The molecule has 1 fully saturated rings. The molecular formula is C29H31ClFN3O5S. The third-order valence-electron chi connectivity index (χ3n) is 6.76. The maximum atomic E-state index is 13.3. The van der Waals surface area contributed by atoms with Crippen molar-refractivity contribution in [2.24, 2.45) is 0 Å². The summed E-state index contributed by atoms with van der Waals surface area (Å²) in [4.78, 5) is 29.7. The molecule has 2 unspecified atom stereocenters. The zero-order chi connectivity index (χ0) is 28.9. The highest BCUT2D eigenvalue weighted by atomic mass is 35.5. The van der Waals surface area contributed by atoms with E-state index in [0.717, 1.165) is 5.56 Å². The van der Waals surface area contributed by atoms with E-state index in [0.29, 0.717) is 30.2 Å². The van der Waals surface area contributed by atoms with Gasteiger partial charge in [0.2, 0.25) is 5.91 Å². The smallest absolute Gasteiger partial charge is 0.264 e. The number of rotatable bonds is 9. The van der Waals surface area contributed by atoms with Crippen molar-refractivity contribution >= 4 is 33.4 Å². The van der Waals surface area contributed by atoms with Gasteiger partial charge in [-0.3, -0.25) is 14.5 Å². The van der Waals surface area contributed by atoms with Crippen molar-refractivity contribution in [2.75, 3.05) is 19.7 Å². The number of nitrogens with zero attached hydrogens (tertiary/aromatic N) is 2. The van der Waals surface area contributed by atoms with Gasteiger partial charge < -0.3 is 9.64 Å². The first kappa shape index (κ1) is 29.5. The van der Waals surface area contributed by atoms with E-state index in [1.165, 1.54) is 30.3 Å². The van der Waals surface area contributed by atoms with Gasteiger partial charge in [-0.1, -0.05) is 41.9 Å². The second-order valence-corrected chi connectivity index (χ2v) is 12.0. The highest BCUT2D eigenvalue weighted by molar-refractivity contribution is 7.90. The quantitative estimate of drug-likeness (QED) is 0.406. The molecule has 0 aliphatic carbocycles. The summed E-state index contributed by atoms with van der Waals surface area (Å²) in [6, 6.07) is 18.6. The van der Waals surface area contributed by atoms with E-state index in [2.05, 4.69) is 9.62 Å². The maximum absolute atomic E-state index is 13.3. The van der Waals surface area contributed by atoms with E-state index in [4.69, 9.17) is 16.3 Å². The molecule has 1 heterocycles. The van der Waals surface area contributed by atoms with Gasteiger partial charge in [0.05, 0.1) is 11.3 Å². The second kappa shape index (κ2) is 12.8. The lowest BCUT2D eigenvalue weighted by molar-refractivity contribution is -0.139. The standard InChI is InChI=1S/C29H31ClFN3O5S/c1-20-17-34(21(2)16-33(20)18-22-8-11-25(31)12-9-22)29(36)19-39-27-13-10-24(30)14-23(27)15-28(35)32-40(37,38)26-6-4-3-5-7-26/h3-14,20-21H,15-19H2,1-2H3,(H,32,35). The summed E-state index contributed by atoms with van der Waals surface area (Å²) in [5.41, 5.74) is 1.35. The molecule has 212 valence electrons. The fourth-order valence-corrected chi connectivity index (χ4v) is 5.86. The molecule has 1 aliphatic rings. The molecule has 0 bridgehead atoms. The average molecular weight is 588 g/mol. The number of carbonyl (C=O) groups excluding carboxylic acids is 2. The minimum Gasteiger partial charge on any atom is -0.483 e. The molecule has 2 atom stereocenters. The molecule has 3 aromatic carbocycles. The summed E-state index contributed by atoms with van der Waals surface area (Å²) < 4.78 is 46.1. The van der Waals surface area contributed by atoms with Crippen LogP contribution >= 0.6 is 11.6 Å². The Morgan fingerprint density at radius 1 is 1.00 bits per heavy atom. The number of carbonyl (C=O) groups is 2. The summed E-state index contributed by atoms with van der Waals surface area (Å²) in [7, 11) is -4.04. The molecule has 3 aromatic rings. The predicted octanol–water partition coefficient (Wildman–Crippen LogP) is 4.03. The van der Waals surface area contributed by atoms with Crippen LogP contribution in [-0.2, 0) is 32.6 Å². The number of benzene rings is 3. The molecular weight excluding hydrogens is 557 g/mol. The van der Waals surface area contributed by atoms with Gasteiger partial charge in [0, 0.05) is 42.3 Å². The first-order valence-electron chi connectivity index (χ1n) is 12.8. The molecule has 1 saturated heterocycles. The van der Waals surface area contributed by atoms with E-state index in [1.807, 2.05) is 13.8 Å². The van der Waals surface area contributed by atoms with Crippen molar-refractivity contribution in [2.45, 2.75) is 43.8 Å². The fourth-order valence-electron chi connectivity index (χ4n) is 4.66. The maximum Gasteiger partial charge on any atom is 0.264 e. The minimum absolute atomic E-state index is 0.0300. The molecule has 0 spiro atoms. The Balaban J connectivity index is 1.36. The van der Waals surface area contributed by atoms with Crippen molar-refractivity contribution in [1.29, 1.82) is 0 Å². The molecule has 4 rings (SSSR count). The van der Waals surface area contributed by atoms with Crippen LogP contribution in [-0.4, -0.2) is 61.8 Å². The highest BCUT2D eigenvalue weighted by Gasteiger charge is 2.32. The molecule has 40 heavy (non-hydrogen) atoms. The van der Waals surface area contributed by atoms with Gasteiger partial charge in [-0.05, 0) is 61.9 Å². The third kappa shape index (κ3) is 7.59. The molecule has 2 amide bonds. The van der Waals surface area contributed by atoms with Gasteiger partial charge in [0.15, 0.2) is 6.61 Å². The first-order chi connectivity index (χ1) is 19.0. The SMILES string of the molecule is CC1CN(C(=O)COc2ccc(Cl)cc2CC(=O)NS(=O)(=O)c2ccccc2)C(C)CN1Cc1ccc(F)cc1. The van der Waals surface area contributed by atoms with Gasteiger partial charge in [-0.15, -0.1) is 0 Å². The van der Waals surface area contributed by atoms with Gasteiger partial charge in [0.25, 0.3) is 15.9 Å². The van der Waals surface area contributed by atoms with Gasteiger partial charge >= 0.3 is 0 Å². The van der Waals surface area contributed by atoms with Crippen LogP contribution in [0.5, 0.6) is 5.75 Å². The topological polar surface area (TPSA) is 96.0 Å². The van der Waals surface area contributed by atoms with Crippen LogP contribution in [0.3, 0.4) is 0 Å². The van der Waals surface area contributed by atoms with Crippen LogP contribution in [0.25, 0.3) is 0 Å². The van der Waals surface area contributed by atoms with Crippen molar-refractivity contribution in [3.63, 3.8) is 0 Å². The summed E-state index contributed by atoms with van der Waals surface area (Å²) in [6.07, 6.45) is -0.314. The number of piperazine rings is 1. The fraction of sp³-hybridized carbons (Fsp3) is 0.310. The summed E-state index contributed by atoms with van der Waals surface area (Å²) in [5, 5.41) is 0.340. The average Bonchev–Trinajstić information content (AvgIpc) is 2.91. The molecule has 0 aromatic heterocycles. The minimum atomic E-state index is -4.04. The lowest BCUT2D eigenvalue weighted by atomic mass is 10.1. The number of sulfonamides is 1. The van der Waals surface area contributed by atoms with Crippen molar-refractivity contribution in [1.82, 2.24) is 14.5 Å². The van der Waals surface area contributed by atoms with E-state index >= 15 is 0 Å². The largest absolute Gasteiger partial charge is 0.483 e. The van der Waals surface area contributed by atoms with E-state index in [1.54, 1.807) is 47.4 Å². The Morgan fingerprint density at radius 2 is 1.70 bits per heavy atom. The predicted molar refractivity (Wildman–Crippen MR) is 150 cm³/mol. The molecule has 8 nitrogen and oxygen atoms in total. The van der Waals surface area contributed by atoms with E-state index in [9.17, 15) is 22.4 Å². The Bertz CT molecular complexity index is 1450. The van der Waals surface area contributed by atoms with Crippen LogP contribution < -0.4 is 9.46 Å². The van der Waals surface area contributed by atoms with Crippen LogP contribution in [0, 0.1) is 5.82 Å². The molecule has 0 saturated carbocycles. The van der Waals surface area contributed by atoms with Crippen LogP contribution in [0.2, 0.25) is 5.02 Å². The zero-order valence-electron chi connectivity index (χ0n) is 22.2. The van der Waals surface area contributed by atoms with Crippen LogP contribution in [0.1, 0.15) is 25.0 Å². The first-order valence-corrected chi connectivity index (χ1v) is 14.7. The summed E-state index contributed by atoms with van der Waals surface area (Å²) >= 11 is 6.12. The Hall–Kier alpha value is -3.47. The number of hydrogen-bond donors (Lipinski definition) is 1. The zero-order valence-corrected chi connectivity index (χ0v) is 23.8. The molecule has 1 N–H and O–H groups in total. The number of halogens is 2. The Kier molecular flexibility index (Phi) is 9.44. The van der Waals surface area contributed by atoms with E-state index in [-0.39, 0.29) is 47.5 Å². The molecule has 1 aliphatic heterocycles. The van der Waals surface area contributed by atoms with Crippen molar-refractivity contribution in [3.05, 3.63) is 94.8 Å². The van der Waals surface area contributed by atoms with Gasteiger partial charge in [0.1, 0.15) is 11.6 Å². The van der Waals surface area contributed by atoms with Crippen LogP contribution in [0.15, 0.2) is 77.7 Å². The Morgan fingerprint density at radius 3 is 2.40 bits per heavy atom. The monoisotopic (exact) mass is 587 g/mol. The lowest BCUT2D eigenvalue weighted by Gasteiger charge is -2.44. The van der Waals surface area contributed by atoms with Gasteiger partial charge in [-0.25, -0.2) is 17.5 Å². The molecule has 0 radical (unpaired) electrons. The Labute approximate surface area is 238 Å². The third-order valence-corrected chi connectivity index (χ3v) is 8.38. The second-order valence-electron chi connectivity index (χ2n) is 9.86. The van der Waals surface area contributed by atoms with Gasteiger partial charge in [-0.2, -0.15) is 0 Å². The van der Waals surface area contributed by atoms with Crippen LogP contribution in [0.4, 0.5) is 4.39 Å². The normalized spacial score (nSPS) is 17.9. The number of hydrogen-bond acceptors (Lipinski definition) is 6. The molecule has 11 heteroatoms. The number of nitrogens with one attached hydrogen (secondary N) is 1. The summed E-state index contributed by atoms with van der Waals surface area (Å²) in [5.74, 6) is -0.984. The highest BCUT2D eigenvalue weighted by Crippen LogP contribution is 2.25. The number of ether oxygens (including phenoxy) is 1. The number of amides is 2. The van der Waals surface area contributed by atoms with E-state index < -0.39 is 15.9 Å². The lowest BCUT2D eigenvalue weighted by Crippen LogP contribution is -2.58. The summed E-state index contributed by atoms with van der Waals surface area (Å²) in [6.45, 7) is 5.54. The van der Waals surface area contributed by atoms with Crippen molar-refractivity contribution < 1.29 is 27.1 Å². The van der Waals surface area contributed by atoms with Crippen molar-refractivity contribution in [3.8, 4) is 5.75 Å².